The highest BCUT2D eigenvalue weighted by atomic mass is 35.5. The van der Waals surface area contributed by atoms with Crippen LogP contribution in [-0.4, -0.2) is 36.5 Å². The number of benzene rings is 2. The molecule has 2 rings (SSSR count). The molecule has 2 aromatic rings. The van der Waals surface area contributed by atoms with Gasteiger partial charge in [-0.2, -0.15) is 0 Å². The lowest BCUT2D eigenvalue weighted by atomic mass is 10.0. The zero-order valence-electron chi connectivity index (χ0n) is 16.4. The summed E-state index contributed by atoms with van der Waals surface area (Å²) in [5.74, 6) is -0.375. The van der Waals surface area contributed by atoms with Crippen molar-refractivity contribution in [3.05, 3.63) is 70.7 Å². The summed E-state index contributed by atoms with van der Waals surface area (Å²) in [6.07, 6.45) is 0.721. The number of halogens is 1. The normalized spacial score (nSPS) is 11.7. The van der Waals surface area contributed by atoms with Gasteiger partial charge in [-0.15, -0.1) is 0 Å². The van der Waals surface area contributed by atoms with E-state index in [0.29, 0.717) is 31.3 Å². The van der Waals surface area contributed by atoms with E-state index in [1.165, 1.54) is 6.92 Å². The van der Waals surface area contributed by atoms with Crippen LogP contribution in [0.5, 0.6) is 0 Å². The van der Waals surface area contributed by atoms with Crippen molar-refractivity contribution in [2.45, 2.75) is 32.9 Å². The minimum atomic E-state index is -0.707. The Hall–Kier alpha value is -2.37. The van der Waals surface area contributed by atoms with E-state index in [9.17, 15) is 9.59 Å². The number of carbonyl (C=O) groups is 2. The first-order chi connectivity index (χ1) is 13.5. The first-order valence-corrected chi connectivity index (χ1v) is 9.82. The van der Waals surface area contributed by atoms with Gasteiger partial charge >= 0.3 is 0 Å². The lowest BCUT2D eigenvalue weighted by Gasteiger charge is -2.30. The van der Waals surface area contributed by atoms with Crippen LogP contribution < -0.4 is 5.32 Å². The maximum absolute atomic E-state index is 13.0. The van der Waals surface area contributed by atoms with Gasteiger partial charge < -0.3 is 15.0 Å². The minimum Gasteiger partial charge on any atom is -0.382 e. The van der Waals surface area contributed by atoms with Gasteiger partial charge in [0.2, 0.25) is 11.8 Å². The van der Waals surface area contributed by atoms with Crippen molar-refractivity contribution in [2.24, 2.45) is 0 Å². The van der Waals surface area contributed by atoms with Gasteiger partial charge in [-0.1, -0.05) is 54.1 Å². The Labute approximate surface area is 171 Å². The van der Waals surface area contributed by atoms with E-state index >= 15 is 0 Å². The van der Waals surface area contributed by atoms with Gasteiger partial charge in [0.25, 0.3) is 0 Å². The standard InChI is InChI=1S/C22H27ClN2O3/c1-3-28-15-7-14-24-22(27)21(19-8-5-4-6-9-19)25(17(2)26)16-18-10-12-20(23)13-11-18/h4-6,8-13,21H,3,7,14-16H2,1-2H3,(H,24,27)/t21-/m0/s1. The predicted molar refractivity (Wildman–Crippen MR) is 111 cm³/mol. The molecule has 0 radical (unpaired) electrons. The molecule has 1 atom stereocenters. The number of nitrogens with one attached hydrogen (secondary N) is 1. The monoisotopic (exact) mass is 402 g/mol. The second kappa shape index (κ2) is 11.5. The largest absolute Gasteiger partial charge is 0.382 e. The molecule has 0 heterocycles. The molecule has 2 amide bonds. The van der Waals surface area contributed by atoms with Crippen LogP contribution in [0.1, 0.15) is 37.4 Å². The molecular formula is C22H27ClN2O3. The van der Waals surface area contributed by atoms with E-state index in [2.05, 4.69) is 5.32 Å². The highest BCUT2D eigenvalue weighted by molar-refractivity contribution is 6.30. The molecule has 0 saturated carbocycles. The third-order valence-corrected chi connectivity index (χ3v) is 4.57. The number of amides is 2. The molecule has 0 spiro atoms. The maximum atomic E-state index is 13.0. The van der Waals surface area contributed by atoms with Crippen LogP contribution in [0.25, 0.3) is 0 Å². The van der Waals surface area contributed by atoms with E-state index in [1.54, 1.807) is 17.0 Å². The van der Waals surface area contributed by atoms with Gasteiger partial charge in [0.05, 0.1) is 0 Å². The van der Waals surface area contributed by atoms with Gasteiger partial charge in [-0.05, 0) is 36.6 Å². The molecule has 28 heavy (non-hydrogen) atoms. The molecule has 0 aliphatic carbocycles. The molecule has 1 N–H and O–H groups in total. The van der Waals surface area contributed by atoms with Crippen LogP contribution in [0.3, 0.4) is 0 Å². The molecule has 2 aromatic carbocycles. The molecule has 0 aliphatic heterocycles. The number of nitrogens with zero attached hydrogens (tertiary/aromatic N) is 1. The molecule has 0 aliphatic rings. The Morgan fingerprint density at radius 2 is 1.79 bits per heavy atom. The SMILES string of the molecule is CCOCCCNC(=O)[C@H](c1ccccc1)N(Cc1ccc(Cl)cc1)C(C)=O. The summed E-state index contributed by atoms with van der Waals surface area (Å²) in [7, 11) is 0. The van der Waals surface area contributed by atoms with Crippen molar-refractivity contribution >= 4 is 23.4 Å². The summed E-state index contributed by atoms with van der Waals surface area (Å²) >= 11 is 5.96. The van der Waals surface area contributed by atoms with E-state index in [4.69, 9.17) is 16.3 Å². The van der Waals surface area contributed by atoms with Crippen LogP contribution in [0, 0.1) is 0 Å². The predicted octanol–water partition coefficient (Wildman–Crippen LogP) is 3.97. The number of carbonyl (C=O) groups excluding carboxylic acids is 2. The molecule has 0 unspecified atom stereocenters. The van der Waals surface area contributed by atoms with Gasteiger partial charge in [-0.3, -0.25) is 9.59 Å². The van der Waals surface area contributed by atoms with E-state index in [0.717, 1.165) is 17.5 Å². The Bertz CT molecular complexity index is 750. The van der Waals surface area contributed by atoms with Crippen LogP contribution in [-0.2, 0) is 20.9 Å². The van der Waals surface area contributed by atoms with Crippen molar-refractivity contribution < 1.29 is 14.3 Å². The third kappa shape index (κ3) is 6.66. The van der Waals surface area contributed by atoms with Crippen molar-refractivity contribution in [1.29, 1.82) is 0 Å². The van der Waals surface area contributed by atoms with Gasteiger partial charge in [0, 0.05) is 38.2 Å². The summed E-state index contributed by atoms with van der Waals surface area (Å²) in [6, 6.07) is 15.9. The van der Waals surface area contributed by atoms with Crippen LogP contribution >= 0.6 is 11.6 Å². The molecule has 0 saturated heterocycles. The average Bonchev–Trinajstić information content (AvgIpc) is 2.69. The number of ether oxygens (including phenoxy) is 1. The van der Waals surface area contributed by atoms with Crippen molar-refractivity contribution in [3.63, 3.8) is 0 Å². The summed E-state index contributed by atoms with van der Waals surface area (Å²) in [5.41, 5.74) is 1.68. The molecule has 6 heteroatoms. The van der Waals surface area contributed by atoms with Gasteiger partial charge in [0.15, 0.2) is 0 Å². The quantitative estimate of drug-likeness (QED) is 0.611. The molecule has 5 nitrogen and oxygen atoms in total. The Kier molecular flexibility index (Phi) is 8.98. The average molecular weight is 403 g/mol. The molecular weight excluding hydrogens is 376 g/mol. The molecule has 0 fully saturated rings. The fraction of sp³-hybridized carbons (Fsp3) is 0.364. The smallest absolute Gasteiger partial charge is 0.247 e. The molecule has 150 valence electrons. The maximum Gasteiger partial charge on any atom is 0.247 e. The Morgan fingerprint density at radius 3 is 2.39 bits per heavy atom. The van der Waals surface area contributed by atoms with E-state index < -0.39 is 6.04 Å². The highest BCUT2D eigenvalue weighted by Gasteiger charge is 2.29. The molecule has 0 aromatic heterocycles. The fourth-order valence-corrected chi connectivity index (χ4v) is 3.03. The van der Waals surface area contributed by atoms with Crippen molar-refractivity contribution in [3.8, 4) is 0 Å². The summed E-state index contributed by atoms with van der Waals surface area (Å²) in [5, 5.41) is 3.57. The Morgan fingerprint density at radius 1 is 1.11 bits per heavy atom. The first kappa shape index (κ1) is 21.9. The van der Waals surface area contributed by atoms with Gasteiger partial charge in [0.1, 0.15) is 6.04 Å². The lowest BCUT2D eigenvalue weighted by Crippen LogP contribution is -2.43. The number of rotatable bonds is 10. The Balaban J connectivity index is 2.20. The lowest BCUT2D eigenvalue weighted by molar-refractivity contribution is -0.140. The third-order valence-electron chi connectivity index (χ3n) is 4.31. The topological polar surface area (TPSA) is 58.6 Å². The number of hydrogen-bond acceptors (Lipinski definition) is 3. The van der Waals surface area contributed by atoms with Crippen molar-refractivity contribution in [1.82, 2.24) is 10.2 Å². The second-order valence-corrected chi connectivity index (χ2v) is 6.86. The summed E-state index contributed by atoms with van der Waals surface area (Å²) in [4.78, 5) is 27.0. The van der Waals surface area contributed by atoms with Gasteiger partial charge in [-0.25, -0.2) is 0 Å². The summed E-state index contributed by atoms with van der Waals surface area (Å²) < 4.78 is 5.31. The second-order valence-electron chi connectivity index (χ2n) is 6.43. The fourth-order valence-electron chi connectivity index (χ4n) is 2.91. The van der Waals surface area contributed by atoms with Crippen LogP contribution in [0.4, 0.5) is 0 Å². The minimum absolute atomic E-state index is 0.173. The zero-order valence-corrected chi connectivity index (χ0v) is 17.1. The van der Waals surface area contributed by atoms with Crippen molar-refractivity contribution in [2.75, 3.05) is 19.8 Å². The van der Waals surface area contributed by atoms with Crippen LogP contribution in [0.2, 0.25) is 5.02 Å². The van der Waals surface area contributed by atoms with E-state index in [1.807, 2.05) is 49.4 Å². The first-order valence-electron chi connectivity index (χ1n) is 9.45. The molecule has 0 bridgehead atoms. The van der Waals surface area contributed by atoms with Crippen LogP contribution in [0.15, 0.2) is 54.6 Å². The highest BCUT2D eigenvalue weighted by Crippen LogP contribution is 2.24. The van der Waals surface area contributed by atoms with E-state index in [-0.39, 0.29) is 11.8 Å². The summed E-state index contributed by atoms with van der Waals surface area (Å²) in [6.45, 7) is 5.47. The number of hydrogen-bond donors (Lipinski definition) is 1. The zero-order chi connectivity index (χ0) is 20.4.